The van der Waals surface area contributed by atoms with Crippen LogP contribution < -0.4 is 14.6 Å². The average molecular weight is 900 g/mol. The van der Waals surface area contributed by atoms with Crippen LogP contribution in [-0.2, 0) is 21.7 Å². The number of allylic oxidation sites excluding steroid dienone is 8. The molecule has 0 saturated heterocycles. The molecule has 1 fully saturated rings. The van der Waals surface area contributed by atoms with Gasteiger partial charge < -0.3 is 9.80 Å². The first-order valence-electron chi connectivity index (χ1n) is 25.8. The lowest BCUT2D eigenvalue weighted by Gasteiger charge is -2.43. The van der Waals surface area contributed by atoms with Gasteiger partial charge in [-0.1, -0.05) is 145 Å². The van der Waals surface area contributed by atoms with Gasteiger partial charge in [0, 0.05) is 39.9 Å². The third-order valence-electron chi connectivity index (χ3n) is 18.1. The summed E-state index contributed by atoms with van der Waals surface area (Å²) in [5, 5.41) is 1.36. The summed E-state index contributed by atoms with van der Waals surface area (Å²) in [4.78, 5) is 5.19. The van der Waals surface area contributed by atoms with E-state index in [-0.39, 0.29) is 27.1 Å². The molecule has 0 N–H and O–H groups in total. The molecule has 66 heavy (non-hydrogen) atoms. The van der Waals surface area contributed by atoms with Gasteiger partial charge in [-0.2, -0.15) is 0 Å². The van der Waals surface area contributed by atoms with Gasteiger partial charge in [-0.15, -0.1) is 11.3 Å². The summed E-state index contributed by atoms with van der Waals surface area (Å²) in [5.41, 5.74) is 17.6. The van der Waals surface area contributed by atoms with Crippen molar-refractivity contribution in [1.82, 2.24) is 0 Å². The van der Waals surface area contributed by atoms with Crippen LogP contribution in [0.15, 0.2) is 108 Å². The van der Waals surface area contributed by atoms with Crippen LogP contribution in [0.5, 0.6) is 0 Å². The Bertz CT molecular complexity index is 2580. The van der Waals surface area contributed by atoms with Crippen LogP contribution in [0.25, 0.3) is 10.1 Å². The zero-order chi connectivity index (χ0) is 47.9. The van der Waals surface area contributed by atoms with Crippen molar-refractivity contribution in [2.24, 2.45) is 29.1 Å². The van der Waals surface area contributed by atoms with Crippen LogP contribution in [0.3, 0.4) is 0 Å². The number of nitrogens with zero attached hydrogens (tertiary/aromatic N) is 2. The smallest absolute Gasteiger partial charge is 0.200 e. The van der Waals surface area contributed by atoms with E-state index < -0.39 is 0 Å². The van der Waals surface area contributed by atoms with Gasteiger partial charge in [-0.05, 0) is 191 Å². The first-order valence-corrected chi connectivity index (χ1v) is 26.6. The summed E-state index contributed by atoms with van der Waals surface area (Å²) >= 11 is 1.98. The van der Waals surface area contributed by atoms with Crippen LogP contribution >= 0.6 is 11.3 Å². The zero-order valence-corrected chi connectivity index (χ0v) is 44.8. The third-order valence-corrected chi connectivity index (χ3v) is 19.2. The molecular formula is C62H84BN2S. The first-order chi connectivity index (χ1) is 30.9. The van der Waals surface area contributed by atoms with Gasteiger partial charge in [0.05, 0.1) is 5.69 Å². The molecule has 2 nitrogen and oxygen atoms in total. The molecule has 351 valence electrons. The maximum Gasteiger partial charge on any atom is 0.200 e. The molecule has 0 spiro atoms. The number of fused-ring (bicyclic) bond motifs is 5. The molecule has 1 aromatic heterocycles. The summed E-state index contributed by atoms with van der Waals surface area (Å²) in [5.74, 6) is 4.59. The Labute approximate surface area is 407 Å². The van der Waals surface area contributed by atoms with E-state index in [4.69, 9.17) is 6.58 Å². The zero-order valence-electron chi connectivity index (χ0n) is 44.0. The van der Waals surface area contributed by atoms with E-state index in [1.165, 1.54) is 128 Å². The minimum absolute atomic E-state index is 0.0931. The molecule has 3 aromatic rings. The lowest BCUT2D eigenvalue weighted by Crippen LogP contribution is -2.35. The fourth-order valence-electron chi connectivity index (χ4n) is 12.5. The van der Waals surface area contributed by atoms with Crippen molar-refractivity contribution in [3.8, 4) is 0 Å². The number of thiophene rings is 1. The van der Waals surface area contributed by atoms with Crippen LogP contribution in [0.2, 0.25) is 0 Å². The van der Waals surface area contributed by atoms with E-state index in [2.05, 4.69) is 188 Å². The maximum absolute atomic E-state index is 4.82. The highest BCUT2D eigenvalue weighted by molar-refractivity contribution is 7.28. The molecule has 2 heterocycles. The predicted molar refractivity (Wildman–Crippen MR) is 293 cm³/mol. The molecule has 0 bridgehead atoms. The molecule has 0 amide bonds. The molecule has 5 aliphatic rings. The molecule has 1 saturated carbocycles. The average Bonchev–Trinajstić information content (AvgIpc) is 3.61. The summed E-state index contributed by atoms with van der Waals surface area (Å²) in [6, 6.07) is 10.3. The van der Waals surface area contributed by atoms with Gasteiger partial charge in [0.25, 0.3) is 0 Å². The van der Waals surface area contributed by atoms with Gasteiger partial charge in [0.2, 0.25) is 0 Å². The quantitative estimate of drug-likeness (QED) is 0.172. The highest BCUT2D eigenvalue weighted by Gasteiger charge is 2.40. The topological polar surface area (TPSA) is 6.48 Å². The Kier molecular flexibility index (Phi) is 13.0. The van der Waals surface area contributed by atoms with E-state index in [0.29, 0.717) is 23.7 Å². The molecule has 8 rings (SSSR count). The monoisotopic (exact) mass is 900 g/mol. The highest BCUT2D eigenvalue weighted by atomic mass is 32.1. The maximum atomic E-state index is 4.82. The summed E-state index contributed by atoms with van der Waals surface area (Å²) in [7, 11) is 2.50. The Morgan fingerprint density at radius 1 is 0.742 bits per heavy atom. The molecule has 4 aliphatic carbocycles. The van der Waals surface area contributed by atoms with Crippen LogP contribution in [-0.4, -0.2) is 13.8 Å². The van der Waals surface area contributed by atoms with E-state index in [1.807, 2.05) is 17.4 Å². The number of aryl methyl sites for hydroxylation is 1. The highest BCUT2D eigenvalue weighted by Crippen LogP contribution is 2.51. The SMILES string of the molecule is C=C/C=C1\C=C\N(c2cc3c(cc2C)C(C)(C)CCC3(C)C)/C(CC2C(=C)C(C)CCC2C)=C\[B]c2sc3cc4c(cc3c2N1C/C=C\C1=C(C)C(C)(C)CCC1C)C(C)(C)CCC4(C)C. The standard InChI is InChI=1S/C62H84BN2S/c1-18-20-45-25-32-64(54-36-52-50(33-42(54)5)59(10,11)27-29-61(52,14)15)46(34-48-40(3)23-22-39(2)43(48)6)38-63-57-56(65(45)31-19-21-47-41(4)24-26-58(8,9)44(47)7)49-35-51-53(37-55(49)66-57)62(16,17)30-28-60(51,12)13/h18-21,25,32-33,35-41,48H,1,6,22-24,26-31,34H2,2-5,7-17H3/b21-19-,32-25+,45-20+,46-38-. The third kappa shape index (κ3) is 8.89. The second-order valence-corrected chi connectivity index (χ2v) is 26.1. The van der Waals surface area contributed by atoms with Gasteiger partial charge in [0.1, 0.15) is 0 Å². The van der Waals surface area contributed by atoms with Gasteiger partial charge >= 0.3 is 0 Å². The normalized spacial score (nSPS) is 28.6. The van der Waals surface area contributed by atoms with Gasteiger partial charge in [0.15, 0.2) is 7.28 Å². The number of benzene rings is 2. The van der Waals surface area contributed by atoms with Crippen molar-refractivity contribution >= 4 is 44.9 Å². The van der Waals surface area contributed by atoms with E-state index in [0.717, 1.165) is 18.7 Å². The van der Waals surface area contributed by atoms with Crippen molar-refractivity contribution in [2.45, 2.75) is 183 Å². The first kappa shape index (κ1) is 48.7. The summed E-state index contributed by atoms with van der Waals surface area (Å²) in [6.45, 7) is 46.5. The molecule has 1 aliphatic heterocycles. The lowest BCUT2D eigenvalue weighted by molar-refractivity contribution is 0.283. The van der Waals surface area contributed by atoms with Gasteiger partial charge in [-0.25, -0.2) is 0 Å². The lowest BCUT2D eigenvalue weighted by atomic mass is 9.62. The molecular weight excluding hydrogens is 816 g/mol. The Morgan fingerprint density at radius 3 is 1.98 bits per heavy atom. The van der Waals surface area contributed by atoms with E-state index >= 15 is 0 Å². The van der Waals surface area contributed by atoms with E-state index in [9.17, 15) is 0 Å². The fourth-order valence-corrected chi connectivity index (χ4v) is 13.7. The van der Waals surface area contributed by atoms with Crippen molar-refractivity contribution in [3.63, 3.8) is 0 Å². The second kappa shape index (κ2) is 17.6. The number of hydrogen-bond acceptors (Lipinski definition) is 3. The van der Waals surface area contributed by atoms with Gasteiger partial charge in [-0.3, -0.25) is 0 Å². The minimum Gasteiger partial charge on any atom is -0.337 e. The Morgan fingerprint density at radius 2 is 1.35 bits per heavy atom. The molecule has 4 atom stereocenters. The minimum atomic E-state index is 0.0931. The van der Waals surface area contributed by atoms with Crippen LogP contribution in [0, 0.1) is 36.0 Å². The Balaban J connectivity index is 1.38. The summed E-state index contributed by atoms with van der Waals surface area (Å²) < 4.78 is 2.69. The van der Waals surface area contributed by atoms with E-state index in [1.54, 1.807) is 0 Å². The summed E-state index contributed by atoms with van der Waals surface area (Å²) in [6.07, 6.45) is 24.7. The molecule has 1 radical (unpaired) electrons. The van der Waals surface area contributed by atoms with Crippen LogP contribution in [0.1, 0.15) is 183 Å². The molecule has 4 heteroatoms. The van der Waals surface area contributed by atoms with Crippen molar-refractivity contribution < 1.29 is 0 Å². The second-order valence-electron chi connectivity index (χ2n) is 25.0. The molecule has 4 unspecified atom stereocenters. The van der Waals surface area contributed by atoms with Crippen molar-refractivity contribution in [3.05, 3.63) is 136 Å². The van der Waals surface area contributed by atoms with Crippen molar-refractivity contribution in [2.75, 3.05) is 16.3 Å². The van der Waals surface area contributed by atoms with Crippen molar-refractivity contribution in [1.29, 1.82) is 0 Å². The Hall–Kier alpha value is -3.76. The van der Waals surface area contributed by atoms with Crippen LogP contribution in [0.4, 0.5) is 11.4 Å². The molecule has 2 aromatic carbocycles. The fraction of sp³-hybridized carbons (Fsp3) is 0.548. The number of rotatable bonds is 7. The predicted octanol–water partition coefficient (Wildman–Crippen LogP) is 16.9. The largest absolute Gasteiger partial charge is 0.337 e. The number of anilines is 2. The number of hydrogen-bond donors (Lipinski definition) is 0.